The molecule has 0 unspecified atom stereocenters. The predicted octanol–water partition coefficient (Wildman–Crippen LogP) is 5.39. The van der Waals surface area contributed by atoms with E-state index in [0.717, 1.165) is 21.3 Å². The number of nitrogens with zero attached hydrogens (tertiary/aromatic N) is 1. The van der Waals surface area contributed by atoms with E-state index in [1.54, 1.807) is 6.92 Å². The molecule has 3 rings (SSSR count). The van der Waals surface area contributed by atoms with E-state index in [1.165, 1.54) is 11.3 Å². The van der Waals surface area contributed by atoms with Crippen molar-refractivity contribution < 1.29 is 14.3 Å². The second-order valence-corrected chi connectivity index (χ2v) is 7.90. The Labute approximate surface area is 181 Å². The number of carbonyl (C=O) groups excluding carboxylic acids is 2. The van der Waals surface area contributed by atoms with Crippen molar-refractivity contribution in [1.29, 1.82) is 0 Å². The molecule has 1 heterocycles. The minimum atomic E-state index is -0.555. The van der Waals surface area contributed by atoms with Gasteiger partial charge in [0.25, 0.3) is 0 Å². The van der Waals surface area contributed by atoms with Gasteiger partial charge in [0.1, 0.15) is 0 Å². The number of halogens is 1. The van der Waals surface area contributed by atoms with Crippen LogP contribution in [0.2, 0.25) is 0 Å². The summed E-state index contributed by atoms with van der Waals surface area (Å²) < 4.78 is 5.95. The Morgan fingerprint density at radius 1 is 1.14 bits per heavy atom. The number of anilines is 1. The van der Waals surface area contributed by atoms with Gasteiger partial charge in [-0.25, -0.2) is 9.78 Å². The van der Waals surface area contributed by atoms with Crippen molar-refractivity contribution in [3.05, 3.63) is 70.0 Å². The van der Waals surface area contributed by atoms with Gasteiger partial charge in [-0.15, -0.1) is 11.3 Å². The molecule has 0 radical (unpaired) electrons. The number of amides is 2. The number of carbonyl (C=O) groups is 2. The summed E-state index contributed by atoms with van der Waals surface area (Å²) in [6, 6.07) is 16.6. The molecular formula is C21H20BrN3O3S. The van der Waals surface area contributed by atoms with Crippen molar-refractivity contribution >= 4 is 44.4 Å². The molecule has 0 aliphatic carbocycles. The van der Waals surface area contributed by atoms with Gasteiger partial charge in [0.05, 0.1) is 24.8 Å². The largest absolute Gasteiger partial charge is 0.450 e. The first-order chi connectivity index (χ1) is 14.0. The van der Waals surface area contributed by atoms with E-state index >= 15 is 0 Å². The van der Waals surface area contributed by atoms with E-state index < -0.39 is 12.1 Å². The summed E-state index contributed by atoms with van der Waals surface area (Å²) in [5.74, 6) is -0.243. The second-order valence-electron chi connectivity index (χ2n) is 6.13. The number of ether oxygens (including phenoxy) is 1. The first-order valence-corrected chi connectivity index (χ1v) is 10.7. The molecule has 1 atom stereocenters. The molecule has 150 valence electrons. The molecule has 3 aromatic rings. The fraction of sp³-hybridized carbons (Fsp3) is 0.190. The third-order valence-corrected chi connectivity index (χ3v) is 5.34. The fourth-order valence-electron chi connectivity index (χ4n) is 2.69. The topological polar surface area (TPSA) is 80.3 Å². The first-order valence-electron chi connectivity index (χ1n) is 9.04. The molecular weight excluding hydrogens is 454 g/mol. The van der Waals surface area contributed by atoms with Gasteiger partial charge >= 0.3 is 6.09 Å². The summed E-state index contributed by atoms with van der Waals surface area (Å²) in [5, 5.41) is 7.96. The maximum atomic E-state index is 12.6. The lowest BCUT2D eigenvalue weighted by atomic mass is 10.0. The number of rotatable bonds is 7. The minimum Gasteiger partial charge on any atom is -0.450 e. The van der Waals surface area contributed by atoms with Crippen LogP contribution in [0.4, 0.5) is 9.93 Å². The standard InChI is InChI=1S/C21H20BrN3O3S/c1-2-28-21(27)24-17(14-6-4-3-5-7-14)12-19(26)25-20-23-18(13-29-20)15-8-10-16(22)11-9-15/h3-11,13,17H,2,12H2,1H3,(H,24,27)(H,23,25,26)/t17-/m0/s1. The van der Waals surface area contributed by atoms with E-state index in [2.05, 4.69) is 31.5 Å². The van der Waals surface area contributed by atoms with Gasteiger partial charge in [0.15, 0.2) is 5.13 Å². The summed E-state index contributed by atoms with van der Waals surface area (Å²) in [5.41, 5.74) is 2.59. The molecule has 0 aliphatic heterocycles. The van der Waals surface area contributed by atoms with Gasteiger partial charge in [-0.1, -0.05) is 58.4 Å². The number of nitrogens with one attached hydrogen (secondary N) is 2. The number of hydrogen-bond donors (Lipinski definition) is 2. The summed E-state index contributed by atoms with van der Waals surface area (Å²) in [7, 11) is 0. The minimum absolute atomic E-state index is 0.0655. The molecule has 2 amide bonds. The Balaban J connectivity index is 1.67. The van der Waals surface area contributed by atoms with Gasteiger partial charge in [-0.2, -0.15) is 0 Å². The molecule has 29 heavy (non-hydrogen) atoms. The number of thiazole rings is 1. The van der Waals surface area contributed by atoms with Crippen molar-refractivity contribution in [1.82, 2.24) is 10.3 Å². The highest BCUT2D eigenvalue weighted by atomic mass is 79.9. The Morgan fingerprint density at radius 2 is 1.86 bits per heavy atom. The lowest BCUT2D eigenvalue weighted by Crippen LogP contribution is -2.32. The Morgan fingerprint density at radius 3 is 2.55 bits per heavy atom. The molecule has 0 fully saturated rings. The average Bonchev–Trinajstić information content (AvgIpc) is 3.17. The molecule has 6 nitrogen and oxygen atoms in total. The van der Waals surface area contributed by atoms with Crippen LogP contribution in [0.3, 0.4) is 0 Å². The molecule has 0 spiro atoms. The first kappa shape index (κ1) is 21.0. The summed E-state index contributed by atoms with van der Waals surface area (Å²) in [6.45, 7) is 1.99. The normalized spacial score (nSPS) is 11.5. The van der Waals surface area contributed by atoms with Crippen molar-refractivity contribution in [3.63, 3.8) is 0 Å². The number of benzene rings is 2. The molecule has 8 heteroatoms. The molecule has 0 aliphatic rings. The maximum Gasteiger partial charge on any atom is 0.407 e. The average molecular weight is 474 g/mol. The van der Waals surface area contributed by atoms with E-state index in [-0.39, 0.29) is 18.9 Å². The van der Waals surface area contributed by atoms with Crippen molar-refractivity contribution in [2.24, 2.45) is 0 Å². The van der Waals surface area contributed by atoms with Crippen molar-refractivity contribution in [3.8, 4) is 11.3 Å². The lowest BCUT2D eigenvalue weighted by Gasteiger charge is -2.18. The monoisotopic (exact) mass is 473 g/mol. The highest BCUT2D eigenvalue weighted by Gasteiger charge is 2.20. The van der Waals surface area contributed by atoms with Gasteiger partial charge in [0.2, 0.25) is 5.91 Å². The molecule has 2 N–H and O–H groups in total. The Kier molecular flexibility index (Phi) is 7.37. The van der Waals surface area contributed by atoms with Crippen LogP contribution >= 0.6 is 27.3 Å². The van der Waals surface area contributed by atoms with Crippen molar-refractivity contribution in [2.75, 3.05) is 11.9 Å². The van der Waals surface area contributed by atoms with Crippen LogP contribution in [0, 0.1) is 0 Å². The van der Waals surface area contributed by atoms with E-state index in [4.69, 9.17) is 4.74 Å². The van der Waals surface area contributed by atoms with E-state index in [1.807, 2.05) is 60.0 Å². The SMILES string of the molecule is CCOC(=O)N[C@@H](CC(=O)Nc1nc(-c2ccc(Br)cc2)cs1)c1ccccc1. The third-order valence-electron chi connectivity index (χ3n) is 4.05. The van der Waals surface area contributed by atoms with Crippen LogP contribution < -0.4 is 10.6 Å². The maximum absolute atomic E-state index is 12.6. The molecule has 0 bridgehead atoms. The number of hydrogen-bond acceptors (Lipinski definition) is 5. The van der Waals surface area contributed by atoms with Crippen LogP contribution in [-0.4, -0.2) is 23.6 Å². The summed E-state index contributed by atoms with van der Waals surface area (Å²) in [4.78, 5) is 28.9. The highest BCUT2D eigenvalue weighted by molar-refractivity contribution is 9.10. The van der Waals surface area contributed by atoms with Crippen LogP contribution in [0.15, 0.2) is 64.5 Å². The molecule has 0 saturated carbocycles. The van der Waals surface area contributed by atoms with Crippen LogP contribution in [-0.2, 0) is 9.53 Å². The van der Waals surface area contributed by atoms with Crippen LogP contribution in [0.1, 0.15) is 24.9 Å². The zero-order valence-corrected chi connectivity index (χ0v) is 18.1. The van der Waals surface area contributed by atoms with E-state index in [0.29, 0.717) is 5.13 Å². The third kappa shape index (κ3) is 6.13. The Hall–Kier alpha value is -2.71. The number of alkyl carbamates (subject to hydrolysis) is 1. The smallest absolute Gasteiger partial charge is 0.407 e. The second kappa shape index (κ2) is 10.2. The number of aromatic nitrogens is 1. The van der Waals surface area contributed by atoms with Gasteiger partial charge in [-0.3, -0.25) is 4.79 Å². The van der Waals surface area contributed by atoms with Gasteiger partial charge < -0.3 is 15.4 Å². The quantitative estimate of drug-likeness (QED) is 0.481. The van der Waals surface area contributed by atoms with Crippen LogP contribution in [0.5, 0.6) is 0 Å². The zero-order valence-electron chi connectivity index (χ0n) is 15.7. The van der Waals surface area contributed by atoms with Crippen LogP contribution in [0.25, 0.3) is 11.3 Å². The van der Waals surface area contributed by atoms with Gasteiger partial charge in [0, 0.05) is 15.4 Å². The molecule has 2 aromatic carbocycles. The fourth-order valence-corrected chi connectivity index (χ4v) is 3.69. The van der Waals surface area contributed by atoms with E-state index in [9.17, 15) is 9.59 Å². The molecule has 0 saturated heterocycles. The summed E-state index contributed by atoms with van der Waals surface area (Å²) in [6.07, 6.45) is -0.489. The van der Waals surface area contributed by atoms with Gasteiger partial charge in [-0.05, 0) is 24.6 Å². The zero-order chi connectivity index (χ0) is 20.6. The summed E-state index contributed by atoms with van der Waals surface area (Å²) >= 11 is 4.77. The van der Waals surface area contributed by atoms with Crippen molar-refractivity contribution in [2.45, 2.75) is 19.4 Å². The lowest BCUT2D eigenvalue weighted by molar-refractivity contribution is -0.116. The Bertz CT molecular complexity index is 961. The molecule has 1 aromatic heterocycles. The predicted molar refractivity (Wildman–Crippen MR) is 118 cm³/mol. The highest BCUT2D eigenvalue weighted by Crippen LogP contribution is 2.26.